The monoisotopic (exact) mass is 537 g/mol. The Morgan fingerprint density at radius 3 is 1.40 bits per heavy atom. The number of hydrogen-bond acceptors (Lipinski definition) is 2. The molecule has 2 nitrogen and oxygen atoms in total. The standard InChI is InChI=1S/C40H27NO/c1-4-14-29(15-5-1)39-37(38-35-22-12-10-20-33(35)34-21-11-13-23-36(34)40(38)42-39)28-24-26-32(27-25-28)41(30-16-6-2-7-17-30)31-18-8-3-9-19-31/h1-27H. The van der Waals surface area contributed by atoms with Crippen LogP contribution in [0.5, 0.6) is 0 Å². The van der Waals surface area contributed by atoms with Gasteiger partial charge in [-0.15, -0.1) is 0 Å². The zero-order valence-corrected chi connectivity index (χ0v) is 22.9. The van der Waals surface area contributed by atoms with E-state index in [9.17, 15) is 0 Å². The Labute approximate surface area is 244 Å². The van der Waals surface area contributed by atoms with Crippen molar-refractivity contribution in [3.63, 3.8) is 0 Å². The van der Waals surface area contributed by atoms with Gasteiger partial charge in [-0.1, -0.05) is 127 Å². The zero-order chi connectivity index (χ0) is 27.9. The van der Waals surface area contributed by atoms with Crippen LogP contribution in [0.15, 0.2) is 168 Å². The van der Waals surface area contributed by atoms with Gasteiger partial charge in [-0.2, -0.15) is 0 Å². The van der Waals surface area contributed by atoms with Crippen LogP contribution >= 0.6 is 0 Å². The summed E-state index contributed by atoms with van der Waals surface area (Å²) in [4.78, 5) is 2.29. The van der Waals surface area contributed by atoms with Crippen LogP contribution in [0, 0.1) is 0 Å². The quantitative estimate of drug-likeness (QED) is 0.203. The van der Waals surface area contributed by atoms with E-state index in [0.717, 1.165) is 55.9 Å². The van der Waals surface area contributed by atoms with Gasteiger partial charge in [0.1, 0.15) is 11.3 Å². The first kappa shape index (κ1) is 24.2. The van der Waals surface area contributed by atoms with Gasteiger partial charge in [-0.3, -0.25) is 0 Å². The Morgan fingerprint density at radius 2 is 0.810 bits per heavy atom. The predicted molar refractivity (Wildman–Crippen MR) is 177 cm³/mol. The smallest absolute Gasteiger partial charge is 0.143 e. The molecule has 0 aliphatic rings. The second-order valence-electron chi connectivity index (χ2n) is 10.5. The lowest BCUT2D eigenvalue weighted by atomic mass is 9.92. The summed E-state index contributed by atoms with van der Waals surface area (Å²) in [5.41, 5.74) is 7.57. The molecule has 0 saturated carbocycles. The third-order valence-corrected chi connectivity index (χ3v) is 8.05. The van der Waals surface area contributed by atoms with E-state index in [1.54, 1.807) is 0 Å². The molecule has 0 saturated heterocycles. The maximum Gasteiger partial charge on any atom is 0.143 e. The van der Waals surface area contributed by atoms with E-state index >= 15 is 0 Å². The Morgan fingerprint density at radius 1 is 0.357 bits per heavy atom. The van der Waals surface area contributed by atoms with Crippen LogP contribution in [-0.2, 0) is 0 Å². The van der Waals surface area contributed by atoms with Crippen molar-refractivity contribution >= 4 is 49.6 Å². The lowest BCUT2D eigenvalue weighted by molar-refractivity contribution is 0.636. The minimum Gasteiger partial charge on any atom is -0.455 e. The van der Waals surface area contributed by atoms with Crippen molar-refractivity contribution in [3.8, 4) is 22.5 Å². The highest BCUT2D eigenvalue weighted by Gasteiger charge is 2.23. The summed E-state index contributed by atoms with van der Waals surface area (Å²) in [6.45, 7) is 0. The average Bonchev–Trinajstić information content (AvgIpc) is 3.48. The lowest BCUT2D eigenvalue weighted by Gasteiger charge is -2.25. The minimum absolute atomic E-state index is 0.892. The van der Waals surface area contributed by atoms with Gasteiger partial charge >= 0.3 is 0 Å². The number of anilines is 3. The molecule has 0 aliphatic carbocycles. The summed E-state index contributed by atoms with van der Waals surface area (Å²) >= 11 is 0. The third kappa shape index (κ3) is 3.96. The average molecular weight is 538 g/mol. The van der Waals surface area contributed by atoms with Gasteiger partial charge in [-0.25, -0.2) is 0 Å². The second kappa shape index (κ2) is 10.1. The van der Waals surface area contributed by atoms with Gasteiger partial charge in [0.15, 0.2) is 0 Å². The van der Waals surface area contributed by atoms with Crippen LogP contribution in [0.4, 0.5) is 17.1 Å². The van der Waals surface area contributed by atoms with Gasteiger partial charge in [0, 0.05) is 39.0 Å². The predicted octanol–water partition coefficient (Wildman–Crippen LogP) is 11.5. The van der Waals surface area contributed by atoms with Crippen molar-refractivity contribution in [2.75, 3.05) is 4.90 Å². The van der Waals surface area contributed by atoms with E-state index in [1.165, 1.54) is 16.2 Å². The fourth-order valence-electron chi connectivity index (χ4n) is 6.18. The SMILES string of the molecule is c1ccc(-c2oc3c4ccccc4c4ccccc4c3c2-c2ccc(N(c3ccccc3)c3ccccc3)cc2)cc1. The molecule has 1 heterocycles. The van der Waals surface area contributed by atoms with Crippen LogP contribution in [-0.4, -0.2) is 0 Å². The highest BCUT2D eigenvalue weighted by Crippen LogP contribution is 2.47. The Hall–Kier alpha value is -5.60. The Balaban J connectivity index is 1.39. The van der Waals surface area contributed by atoms with Gasteiger partial charge in [0.2, 0.25) is 0 Å². The number of furan rings is 1. The summed E-state index contributed by atoms with van der Waals surface area (Å²) in [6, 6.07) is 57.6. The first-order valence-corrected chi connectivity index (χ1v) is 14.3. The van der Waals surface area contributed by atoms with E-state index in [4.69, 9.17) is 4.42 Å². The van der Waals surface area contributed by atoms with Crippen molar-refractivity contribution in [2.24, 2.45) is 0 Å². The van der Waals surface area contributed by atoms with Gasteiger partial charge < -0.3 is 9.32 Å². The van der Waals surface area contributed by atoms with Crippen LogP contribution < -0.4 is 4.90 Å². The van der Waals surface area contributed by atoms with Crippen LogP contribution in [0.25, 0.3) is 55.0 Å². The molecule has 0 radical (unpaired) electrons. The topological polar surface area (TPSA) is 16.4 Å². The first-order valence-electron chi connectivity index (χ1n) is 14.3. The number of nitrogens with zero attached hydrogens (tertiary/aromatic N) is 1. The largest absolute Gasteiger partial charge is 0.455 e. The minimum atomic E-state index is 0.892. The highest BCUT2D eigenvalue weighted by atomic mass is 16.3. The fourth-order valence-corrected chi connectivity index (χ4v) is 6.18. The third-order valence-electron chi connectivity index (χ3n) is 8.05. The number of para-hydroxylation sites is 2. The molecule has 42 heavy (non-hydrogen) atoms. The maximum absolute atomic E-state index is 6.87. The molecule has 0 unspecified atom stereocenters. The maximum atomic E-state index is 6.87. The van der Waals surface area contributed by atoms with E-state index in [2.05, 4.69) is 163 Å². The summed E-state index contributed by atoms with van der Waals surface area (Å²) in [7, 11) is 0. The van der Waals surface area contributed by atoms with Gasteiger partial charge in [0.25, 0.3) is 0 Å². The van der Waals surface area contributed by atoms with E-state index in [-0.39, 0.29) is 0 Å². The van der Waals surface area contributed by atoms with Crippen molar-refractivity contribution in [2.45, 2.75) is 0 Å². The molecule has 0 N–H and O–H groups in total. The van der Waals surface area contributed by atoms with Crippen molar-refractivity contribution < 1.29 is 4.42 Å². The van der Waals surface area contributed by atoms with Crippen LogP contribution in [0.3, 0.4) is 0 Å². The van der Waals surface area contributed by atoms with E-state index in [0.29, 0.717) is 0 Å². The van der Waals surface area contributed by atoms with Crippen molar-refractivity contribution in [1.29, 1.82) is 0 Å². The molecule has 1 aromatic heterocycles. The van der Waals surface area contributed by atoms with Gasteiger partial charge in [0.05, 0.1) is 0 Å². The molecule has 0 bridgehead atoms. The number of rotatable bonds is 5. The number of fused-ring (bicyclic) bond motifs is 6. The number of hydrogen-bond donors (Lipinski definition) is 0. The molecule has 198 valence electrons. The zero-order valence-electron chi connectivity index (χ0n) is 22.9. The molecule has 8 rings (SSSR count). The normalized spacial score (nSPS) is 11.3. The van der Waals surface area contributed by atoms with Crippen molar-refractivity contribution in [3.05, 3.63) is 164 Å². The van der Waals surface area contributed by atoms with Crippen molar-refractivity contribution in [1.82, 2.24) is 0 Å². The first-order chi connectivity index (χ1) is 20.9. The molecule has 8 aromatic rings. The summed E-state index contributed by atoms with van der Waals surface area (Å²) in [5, 5.41) is 5.92. The van der Waals surface area contributed by atoms with Crippen LogP contribution in [0.1, 0.15) is 0 Å². The summed E-state index contributed by atoms with van der Waals surface area (Å²) < 4.78 is 6.87. The fraction of sp³-hybridized carbons (Fsp3) is 0. The van der Waals surface area contributed by atoms with Crippen LogP contribution in [0.2, 0.25) is 0 Å². The Bertz CT molecular complexity index is 2120. The van der Waals surface area contributed by atoms with E-state index < -0.39 is 0 Å². The highest BCUT2D eigenvalue weighted by molar-refractivity contribution is 6.28. The summed E-state index contributed by atoms with van der Waals surface area (Å²) in [5.74, 6) is 0.892. The summed E-state index contributed by atoms with van der Waals surface area (Å²) in [6.07, 6.45) is 0. The molecular weight excluding hydrogens is 510 g/mol. The molecule has 0 fully saturated rings. The molecule has 0 aliphatic heterocycles. The molecule has 2 heteroatoms. The molecule has 0 amide bonds. The molecular formula is C40H27NO. The lowest BCUT2D eigenvalue weighted by Crippen LogP contribution is -2.09. The Kier molecular flexibility index (Phi) is 5.82. The number of benzene rings is 7. The second-order valence-corrected chi connectivity index (χ2v) is 10.5. The molecule has 0 spiro atoms. The molecule has 7 aromatic carbocycles. The van der Waals surface area contributed by atoms with E-state index in [1.807, 2.05) is 6.07 Å². The van der Waals surface area contributed by atoms with Gasteiger partial charge in [-0.05, 0) is 58.1 Å². The molecule has 0 atom stereocenters.